The van der Waals surface area contributed by atoms with Crippen LogP contribution in [0, 0.1) is 0 Å². The van der Waals surface area contributed by atoms with Crippen molar-refractivity contribution >= 4 is 17.1 Å². The van der Waals surface area contributed by atoms with Gasteiger partial charge in [0.05, 0.1) is 0 Å². The average molecular weight is 202 g/mol. The van der Waals surface area contributed by atoms with Crippen LogP contribution in [0.2, 0.25) is 0 Å². The number of aliphatic hydroxyl groups excluding tert-OH is 1. The summed E-state index contributed by atoms with van der Waals surface area (Å²) in [6, 6.07) is 13.6. The lowest BCUT2D eigenvalue weighted by molar-refractivity contribution is 0.112. The molecule has 0 amide bonds. The summed E-state index contributed by atoms with van der Waals surface area (Å²) in [5.41, 5.74) is 0.758. The van der Waals surface area contributed by atoms with E-state index in [1.165, 1.54) is 0 Å². The molecule has 0 aromatic heterocycles. The van der Waals surface area contributed by atoms with Crippen LogP contribution in [-0.4, -0.2) is 18.0 Å². The van der Waals surface area contributed by atoms with Gasteiger partial charge in [0.25, 0.3) is 0 Å². The van der Waals surface area contributed by atoms with Gasteiger partial charge < -0.3 is 5.11 Å². The van der Waals surface area contributed by atoms with Gasteiger partial charge in [-0.25, -0.2) is 0 Å². The van der Waals surface area contributed by atoms with E-state index < -0.39 is 0 Å². The van der Waals surface area contributed by atoms with Gasteiger partial charge in [-0.2, -0.15) is 0 Å². The molecule has 0 radical (unpaired) electrons. The van der Waals surface area contributed by atoms with Crippen molar-refractivity contribution in [3.63, 3.8) is 0 Å². The summed E-state index contributed by atoms with van der Waals surface area (Å²) in [5.74, 6) is 0. The minimum Gasteiger partial charge on any atom is -0.397 e. The summed E-state index contributed by atoms with van der Waals surface area (Å²) in [6.07, 6.45) is 0.891. The number of hydrogen-bond acceptors (Lipinski definition) is 2. The third-order valence-electron chi connectivity index (χ3n) is 1.95. The maximum atomic E-state index is 10.6. The summed E-state index contributed by atoms with van der Waals surface area (Å²) in [5, 5.41) is 9.71. The summed E-state index contributed by atoms with van der Waals surface area (Å²) in [7, 11) is 0. The first-order chi connectivity index (χ1) is 7.33. The van der Waals surface area contributed by atoms with E-state index in [0.717, 1.165) is 22.6 Å². The lowest BCUT2D eigenvalue weighted by Gasteiger charge is -1.98. The monoisotopic (exact) mass is 202 g/mol. The number of carbonyl (C=O) groups excluding carboxylic acids is 1. The van der Waals surface area contributed by atoms with E-state index in [1.807, 2.05) is 42.5 Å². The van der Waals surface area contributed by atoms with Gasteiger partial charge in [0, 0.05) is 12.2 Å². The fourth-order valence-corrected chi connectivity index (χ4v) is 1.35. The van der Waals surface area contributed by atoms with Gasteiger partial charge in [0.2, 0.25) is 0 Å². The molecule has 2 rings (SSSR count). The minimum absolute atomic E-state index is 0.250. The highest BCUT2D eigenvalue weighted by molar-refractivity contribution is 5.97. The molecule has 0 aliphatic rings. The van der Waals surface area contributed by atoms with E-state index in [1.54, 1.807) is 6.92 Å². The van der Waals surface area contributed by atoms with E-state index in [4.69, 9.17) is 5.11 Å². The Kier molecular flexibility index (Phi) is 4.51. The second-order valence-corrected chi connectivity index (χ2v) is 3.00. The molecule has 2 heteroatoms. The highest BCUT2D eigenvalue weighted by Crippen LogP contribution is 2.16. The van der Waals surface area contributed by atoms with Crippen molar-refractivity contribution < 1.29 is 9.90 Å². The Morgan fingerprint density at radius 2 is 1.73 bits per heavy atom. The first kappa shape index (κ1) is 11.4. The summed E-state index contributed by atoms with van der Waals surface area (Å²) >= 11 is 0. The lowest BCUT2D eigenvalue weighted by atomic mass is 10.1. The van der Waals surface area contributed by atoms with Crippen LogP contribution in [-0.2, 0) is 0 Å². The third-order valence-corrected chi connectivity index (χ3v) is 1.95. The van der Waals surface area contributed by atoms with Crippen molar-refractivity contribution in [2.24, 2.45) is 0 Å². The number of aliphatic hydroxyl groups is 1. The number of aldehydes is 1. The minimum atomic E-state index is 0.250. The molecule has 2 nitrogen and oxygen atoms in total. The van der Waals surface area contributed by atoms with Crippen molar-refractivity contribution in [3.8, 4) is 0 Å². The molecular formula is C13H14O2. The maximum absolute atomic E-state index is 10.6. The Morgan fingerprint density at radius 3 is 2.40 bits per heavy atom. The lowest BCUT2D eigenvalue weighted by Crippen LogP contribution is -1.81. The van der Waals surface area contributed by atoms with Gasteiger partial charge in [0.1, 0.15) is 0 Å². The quantitative estimate of drug-likeness (QED) is 0.722. The van der Waals surface area contributed by atoms with Crippen LogP contribution in [0.5, 0.6) is 0 Å². The predicted octanol–water partition coefficient (Wildman–Crippen LogP) is 2.65. The van der Waals surface area contributed by atoms with E-state index in [2.05, 4.69) is 0 Å². The number of carbonyl (C=O) groups is 1. The molecule has 78 valence electrons. The number of fused-ring (bicyclic) bond motifs is 1. The standard InChI is InChI=1S/C11H8O.C2H6O/c12-8-10-6-3-5-9-4-1-2-7-11(9)10;1-2-3/h1-8H;3H,2H2,1H3. The Hall–Kier alpha value is -1.67. The van der Waals surface area contributed by atoms with Crippen LogP contribution in [0.1, 0.15) is 17.3 Å². The molecule has 2 aromatic carbocycles. The first-order valence-electron chi connectivity index (χ1n) is 4.87. The van der Waals surface area contributed by atoms with Gasteiger partial charge in [-0.15, -0.1) is 0 Å². The van der Waals surface area contributed by atoms with Gasteiger partial charge in [-0.05, 0) is 17.7 Å². The van der Waals surface area contributed by atoms with Crippen LogP contribution in [0.15, 0.2) is 42.5 Å². The van der Waals surface area contributed by atoms with E-state index >= 15 is 0 Å². The number of rotatable bonds is 1. The Balaban J connectivity index is 0.000000337. The fourth-order valence-electron chi connectivity index (χ4n) is 1.35. The van der Waals surface area contributed by atoms with E-state index in [-0.39, 0.29) is 6.61 Å². The van der Waals surface area contributed by atoms with Gasteiger partial charge in [-0.3, -0.25) is 4.79 Å². The zero-order chi connectivity index (χ0) is 11.1. The smallest absolute Gasteiger partial charge is 0.150 e. The summed E-state index contributed by atoms with van der Waals surface area (Å²) in [4.78, 5) is 10.6. The topological polar surface area (TPSA) is 37.3 Å². The molecule has 0 unspecified atom stereocenters. The van der Waals surface area contributed by atoms with E-state index in [0.29, 0.717) is 0 Å². The molecule has 0 aliphatic heterocycles. The molecule has 0 spiro atoms. The normalized spacial score (nSPS) is 9.20. The summed E-state index contributed by atoms with van der Waals surface area (Å²) < 4.78 is 0. The van der Waals surface area contributed by atoms with Crippen molar-refractivity contribution in [1.29, 1.82) is 0 Å². The maximum Gasteiger partial charge on any atom is 0.150 e. The molecule has 1 N–H and O–H groups in total. The van der Waals surface area contributed by atoms with Gasteiger partial charge in [0.15, 0.2) is 6.29 Å². The molecule has 0 fully saturated rings. The van der Waals surface area contributed by atoms with Crippen molar-refractivity contribution in [3.05, 3.63) is 48.0 Å². The molecule has 0 heterocycles. The van der Waals surface area contributed by atoms with Gasteiger partial charge in [-0.1, -0.05) is 42.5 Å². The highest BCUT2D eigenvalue weighted by atomic mass is 16.2. The Bertz CT molecular complexity index is 430. The SMILES string of the molecule is CCO.O=Cc1cccc2ccccc12. The second kappa shape index (κ2) is 5.94. The Morgan fingerprint density at radius 1 is 1.13 bits per heavy atom. The molecule has 0 atom stereocenters. The Labute approximate surface area is 89.2 Å². The molecule has 0 saturated carbocycles. The van der Waals surface area contributed by atoms with Crippen molar-refractivity contribution in [2.75, 3.05) is 6.61 Å². The largest absolute Gasteiger partial charge is 0.397 e. The van der Waals surface area contributed by atoms with Crippen LogP contribution >= 0.6 is 0 Å². The summed E-state index contributed by atoms with van der Waals surface area (Å²) in [6.45, 7) is 1.93. The van der Waals surface area contributed by atoms with Crippen molar-refractivity contribution in [2.45, 2.75) is 6.92 Å². The van der Waals surface area contributed by atoms with Crippen LogP contribution in [0.3, 0.4) is 0 Å². The fraction of sp³-hybridized carbons (Fsp3) is 0.154. The zero-order valence-corrected chi connectivity index (χ0v) is 8.68. The van der Waals surface area contributed by atoms with Crippen LogP contribution in [0.4, 0.5) is 0 Å². The van der Waals surface area contributed by atoms with Gasteiger partial charge >= 0.3 is 0 Å². The zero-order valence-electron chi connectivity index (χ0n) is 8.68. The van der Waals surface area contributed by atoms with Crippen LogP contribution < -0.4 is 0 Å². The molecule has 0 aliphatic carbocycles. The molecule has 15 heavy (non-hydrogen) atoms. The number of benzene rings is 2. The average Bonchev–Trinajstić information content (AvgIpc) is 2.29. The second-order valence-electron chi connectivity index (χ2n) is 3.00. The molecular weight excluding hydrogens is 188 g/mol. The molecule has 0 saturated heterocycles. The first-order valence-corrected chi connectivity index (χ1v) is 4.87. The highest BCUT2D eigenvalue weighted by Gasteiger charge is 1.96. The van der Waals surface area contributed by atoms with E-state index in [9.17, 15) is 4.79 Å². The molecule has 0 bridgehead atoms. The van der Waals surface area contributed by atoms with Crippen molar-refractivity contribution in [1.82, 2.24) is 0 Å². The number of hydrogen-bond donors (Lipinski definition) is 1. The third kappa shape index (κ3) is 2.89. The molecule has 2 aromatic rings. The predicted molar refractivity (Wildman–Crippen MR) is 62.1 cm³/mol. The van der Waals surface area contributed by atoms with Crippen LogP contribution in [0.25, 0.3) is 10.8 Å².